The number of hydrogen-bond acceptors (Lipinski definition) is 8. The van der Waals surface area contributed by atoms with Gasteiger partial charge in [-0.15, -0.1) is 0 Å². The summed E-state index contributed by atoms with van der Waals surface area (Å²) in [6.07, 6.45) is 0.219. The van der Waals surface area contributed by atoms with Gasteiger partial charge in [-0.2, -0.15) is 0 Å². The van der Waals surface area contributed by atoms with Crippen molar-refractivity contribution in [3.8, 4) is 17.2 Å². The third-order valence-corrected chi connectivity index (χ3v) is 6.37. The van der Waals surface area contributed by atoms with Crippen LogP contribution in [-0.4, -0.2) is 53.2 Å². The molecule has 0 radical (unpaired) electrons. The van der Waals surface area contributed by atoms with E-state index >= 15 is 0 Å². The fourth-order valence-corrected chi connectivity index (χ4v) is 4.54. The van der Waals surface area contributed by atoms with Crippen LogP contribution in [-0.2, 0) is 31.9 Å². The zero-order valence-corrected chi connectivity index (χ0v) is 22.9. The highest BCUT2D eigenvalue weighted by atomic mass is 16.6. The maximum Gasteiger partial charge on any atom is 0.417 e. The van der Waals surface area contributed by atoms with Gasteiger partial charge in [0.15, 0.2) is 0 Å². The molecule has 0 spiro atoms. The third kappa shape index (κ3) is 6.85. The maximum absolute atomic E-state index is 13.2. The van der Waals surface area contributed by atoms with Crippen LogP contribution in [0, 0.1) is 12.8 Å². The van der Waals surface area contributed by atoms with Crippen molar-refractivity contribution in [3.05, 3.63) is 71.6 Å². The molecule has 3 aromatic rings. The highest BCUT2D eigenvalue weighted by Crippen LogP contribution is 2.31. The Labute approximate surface area is 228 Å². The van der Waals surface area contributed by atoms with Crippen molar-refractivity contribution in [3.63, 3.8) is 0 Å². The lowest BCUT2D eigenvalue weighted by atomic mass is 9.96. The van der Waals surface area contributed by atoms with Crippen molar-refractivity contribution >= 4 is 18.0 Å². The van der Waals surface area contributed by atoms with Crippen LogP contribution in [0.1, 0.15) is 44.2 Å². The van der Waals surface area contributed by atoms with Crippen molar-refractivity contribution < 1.29 is 33.0 Å². The van der Waals surface area contributed by atoms with Crippen molar-refractivity contribution in [1.29, 1.82) is 0 Å². The molecule has 0 saturated carbocycles. The number of aryl methyl sites for hydroxylation is 1. The summed E-state index contributed by atoms with van der Waals surface area (Å²) in [7, 11) is 1.23. The summed E-state index contributed by atoms with van der Waals surface area (Å²) in [5, 5.41) is 0. The van der Waals surface area contributed by atoms with E-state index in [2.05, 4.69) is 4.98 Å². The Bertz CT molecular complexity index is 1330. The number of nitrogens with zero attached hydrogens (tertiary/aromatic N) is 2. The van der Waals surface area contributed by atoms with Crippen LogP contribution in [0.2, 0.25) is 0 Å². The van der Waals surface area contributed by atoms with E-state index in [1.54, 1.807) is 20.8 Å². The van der Waals surface area contributed by atoms with E-state index in [4.69, 9.17) is 18.6 Å². The number of rotatable bonds is 8. The Morgan fingerprint density at radius 1 is 1.10 bits per heavy atom. The number of amides is 2. The summed E-state index contributed by atoms with van der Waals surface area (Å²) >= 11 is 0. The SMILES string of the molecule is COC(=O)[C@@H]1C[C@@H](Cc2cccc(OCCc3nc(-c4ccccc4)oc3C)c2)C(=O)N1C(=O)OC(C)(C)C. The number of oxazole rings is 1. The molecular formula is C30H34N2O7. The number of esters is 1. The molecule has 1 aliphatic rings. The Morgan fingerprint density at radius 3 is 2.54 bits per heavy atom. The molecule has 0 aliphatic carbocycles. The minimum Gasteiger partial charge on any atom is -0.493 e. The molecule has 2 amide bonds. The highest BCUT2D eigenvalue weighted by molar-refractivity contribution is 6.00. The molecule has 4 rings (SSSR count). The molecule has 2 atom stereocenters. The Hall–Kier alpha value is -4.14. The fraction of sp³-hybridized carbons (Fsp3) is 0.400. The predicted octanol–water partition coefficient (Wildman–Crippen LogP) is 5.14. The summed E-state index contributed by atoms with van der Waals surface area (Å²) in [6, 6.07) is 16.1. The van der Waals surface area contributed by atoms with Crippen LogP contribution in [0.25, 0.3) is 11.5 Å². The van der Waals surface area contributed by atoms with Gasteiger partial charge in [-0.25, -0.2) is 19.5 Å². The number of methoxy groups -OCH3 is 1. The monoisotopic (exact) mass is 534 g/mol. The van der Waals surface area contributed by atoms with E-state index in [1.165, 1.54) is 7.11 Å². The quantitative estimate of drug-likeness (QED) is 0.366. The summed E-state index contributed by atoms with van der Waals surface area (Å²) in [6.45, 7) is 7.38. The molecule has 2 aromatic carbocycles. The zero-order valence-electron chi connectivity index (χ0n) is 22.9. The normalized spacial score (nSPS) is 17.3. The first-order valence-electron chi connectivity index (χ1n) is 12.9. The lowest BCUT2D eigenvalue weighted by Gasteiger charge is -2.26. The molecule has 1 fully saturated rings. The minimum absolute atomic E-state index is 0.158. The van der Waals surface area contributed by atoms with Gasteiger partial charge >= 0.3 is 12.1 Å². The van der Waals surface area contributed by atoms with E-state index in [0.29, 0.717) is 31.1 Å². The van der Waals surface area contributed by atoms with Gasteiger partial charge in [0.2, 0.25) is 11.8 Å². The van der Waals surface area contributed by atoms with Gasteiger partial charge in [-0.1, -0.05) is 30.3 Å². The van der Waals surface area contributed by atoms with Crippen LogP contribution in [0.4, 0.5) is 4.79 Å². The summed E-state index contributed by atoms with van der Waals surface area (Å²) < 4.78 is 22.0. The standard InChI is InChI=1S/C30H34N2O7/c1-19-24(31-26(38-19)21-11-7-6-8-12-21)14-15-37-23-13-9-10-20(17-23)16-22-18-25(28(34)36-5)32(27(22)33)29(35)39-30(2,3)4/h6-13,17,22,25H,14-16,18H2,1-5H3/t22-,25+/m1/s1. The topological polar surface area (TPSA) is 108 Å². The summed E-state index contributed by atoms with van der Waals surface area (Å²) in [5.41, 5.74) is 1.79. The largest absolute Gasteiger partial charge is 0.493 e. The smallest absolute Gasteiger partial charge is 0.417 e. The number of carbonyl (C=O) groups is 3. The Morgan fingerprint density at radius 2 is 1.85 bits per heavy atom. The van der Waals surface area contributed by atoms with Crippen molar-refractivity contribution in [2.45, 2.75) is 58.6 Å². The lowest BCUT2D eigenvalue weighted by molar-refractivity contribution is -0.148. The molecule has 39 heavy (non-hydrogen) atoms. The first kappa shape index (κ1) is 27.9. The van der Waals surface area contributed by atoms with Gasteiger partial charge in [0.05, 0.1) is 19.4 Å². The van der Waals surface area contributed by atoms with Gasteiger partial charge < -0.3 is 18.6 Å². The van der Waals surface area contributed by atoms with E-state index in [0.717, 1.165) is 27.5 Å². The Kier molecular flexibility index (Phi) is 8.38. The molecule has 0 unspecified atom stereocenters. The lowest BCUT2D eigenvalue weighted by Crippen LogP contribution is -2.46. The summed E-state index contributed by atoms with van der Waals surface area (Å²) in [5.74, 6) is 0.300. The van der Waals surface area contributed by atoms with Gasteiger partial charge in [-0.05, 0) is 70.4 Å². The highest BCUT2D eigenvalue weighted by Gasteiger charge is 2.48. The van der Waals surface area contributed by atoms with Crippen molar-refractivity contribution in [2.24, 2.45) is 5.92 Å². The molecule has 0 bridgehead atoms. The summed E-state index contributed by atoms with van der Waals surface area (Å²) in [4.78, 5) is 43.8. The number of carbonyl (C=O) groups excluding carboxylic acids is 3. The van der Waals surface area contributed by atoms with Crippen molar-refractivity contribution in [1.82, 2.24) is 9.88 Å². The number of ether oxygens (including phenoxy) is 3. The average Bonchev–Trinajstić information content (AvgIpc) is 3.43. The molecule has 1 aromatic heterocycles. The van der Waals surface area contributed by atoms with Gasteiger partial charge in [0.1, 0.15) is 23.2 Å². The second kappa shape index (κ2) is 11.7. The molecule has 1 saturated heterocycles. The molecule has 0 N–H and O–H groups in total. The van der Waals surface area contributed by atoms with E-state index in [1.807, 2.05) is 61.5 Å². The average molecular weight is 535 g/mol. The van der Waals surface area contributed by atoms with E-state index < -0.39 is 35.5 Å². The number of likely N-dealkylation sites (tertiary alicyclic amines) is 1. The van der Waals surface area contributed by atoms with Crippen molar-refractivity contribution in [2.75, 3.05) is 13.7 Å². The van der Waals surface area contributed by atoms with Gasteiger partial charge in [-0.3, -0.25) is 4.79 Å². The first-order valence-corrected chi connectivity index (χ1v) is 12.9. The van der Waals surface area contributed by atoms with Crippen LogP contribution in [0.5, 0.6) is 5.75 Å². The maximum atomic E-state index is 13.2. The Balaban J connectivity index is 1.39. The molecule has 206 valence electrons. The zero-order chi connectivity index (χ0) is 28.2. The first-order chi connectivity index (χ1) is 18.6. The minimum atomic E-state index is -1.02. The molecule has 9 nitrogen and oxygen atoms in total. The van der Waals surface area contributed by atoms with Gasteiger partial charge in [0, 0.05) is 17.9 Å². The second-order valence-electron chi connectivity index (χ2n) is 10.5. The molecule has 1 aliphatic heterocycles. The number of imide groups is 1. The molecule has 9 heteroatoms. The van der Waals surface area contributed by atoms with Crippen LogP contribution in [0.3, 0.4) is 0 Å². The second-order valence-corrected chi connectivity index (χ2v) is 10.5. The van der Waals surface area contributed by atoms with Gasteiger partial charge in [0.25, 0.3) is 0 Å². The van der Waals surface area contributed by atoms with E-state index in [9.17, 15) is 14.4 Å². The van der Waals surface area contributed by atoms with Crippen LogP contribution < -0.4 is 4.74 Å². The fourth-order valence-electron chi connectivity index (χ4n) is 4.54. The predicted molar refractivity (Wildman–Crippen MR) is 143 cm³/mol. The number of benzene rings is 2. The molecule has 2 heterocycles. The van der Waals surface area contributed by atoms with Crippen LogP contribution >= 0.6 is 0 Å². The number of aromatic nitrogens is 1. The number of hydrogen-bond donors (Lipinski definition) is 0. The van der Waals surface area contributed by atoms with Crippen LogP contribution in [0.15, 0.2) is 59.0 Å². The van der Waals surface area contributed by atoms with E-state index in [-0.39, 0.29) is 6.42 Å². The third-order valence-electron chi connectivity index (χ3n) is 6.37. The molecular weight excluding hydrogens is 500 g/mol.